The van der Waals surface area contributed by atoms with Crippen LogP contribution in [0.15, 0.2) is 24.3 Å². The van der Waals surface area contributed by atoms with Gasteiger partial charge in [-0.15, -0.1) is 0 Å². The third kappa shape index (κ3) is 5.27. The van der Waals surface area contributed by atoms with Crippen LogP contribution in [0.5, 0.6) is 0 Å². The molecule has 208 valence electrons. The predicted molar refractivity (Wildman–Crippen MR) is 86.8 cm³/mol. The minimum Gasteiger partial charge on any atom is -0.335 e. The molecule has 1 heterocycles. The van der Waals surface area contributed by atoms with Gasteiger partial charge >= 0.3 is 77.2 Å². The molecule has 38 heavy (non-hydrogen) atoms. The number of amides is 1. The molecule has 0 spiro atoms. The summed E-state index contributed by atoms with van der Waals surface area (Å²) in [6, 6.07) is 3.33. The molecule has 22 heteroatoms. The number of nitrogens with one attached hydrogen (secondary N) is 1. The molecule has 0 aliphatic heterocycles. The minimum absolute atomic E-state index is 0. The Kier molecular flexibility index (Phi) is 9.20. The van der Waals surface area contributed by atoms with Crippen LogP contribution in [0.1, 0.15) is 11.4 Å². The molecule has 1 amide bonds. The van der Waals surface area contributed by atoms with Crippen LogP contribution in [0.4, 0.5) is 71.5 Å². The standard InChI is InChI=1S/C16H8F15N5O.Na/c17-10(18,9(37)32-7-3-1-6(2-4-7)5-8-33-35-36-34-8)11(19,20)12(21,22)13(23,24)14(25,26)15(27,28)16(29,30)31;/h1-4H,5H2,(H2,32,33,34,35,36,37);/q;+1/p-1. The van der Waals surface area contributed by atoms with Gasteiger partial charge in [0, 0.05) is 17.9 Å². The van der Waals surface area contributed by atoms with Gasteiger partial charge in [0.15, 0.2) is 0 Å². The Morgan fingerprint density at radius 3 is 1.58 bits per heavy atom. The smallest absolute Gasteiger partial charge is 0.335 e. The molecule has 0 bridgehead atoms. The first-order valence-corrected chi connectivity index (χ1v) is 8.86. The van der Waals surface area contributed by atoms with Crippen molar-refractivity contribution < 1.29 is 100 Å². The quantitative estimate of drug-likeness (QED) is 0.354. The van der Waals surface area contributed by atoms with E-state index in [0.29, 0.717) is 12.1 Å². The van der Waals surface area contributed by atoms with Gasteiger partial charge in [-0.1, -0.05) is 12.1 Å². The first-order valence-electron chi connectivity index (χ1n) is 8.86. The van der Waals surface area contributed by atoms with Crippen molar-refractivity contribution in [3.8, 4) is 0 Å². The average molecular weight is 593 g/mol. The first kappa shape index (κ1) is 33.7. The summed E-state index contributed by atoms with van der Waals surface area (Å²) in [5.41, 5.74) is -0.642. The summed E-state index contributed by atoms with van der Waals surface area (Å²) in [6.45, 7) is 0. The summed E-state index contributed by atoms with van der Waals surface area (Å²) in [5.74, 6) is -51.8. The van der Waals surface area contributed by atoms with Gasteiger partial charge in [-0.2, -0.15) is 65.9 Å². The zero-order valence-electron chi connectivity index (χ0n) is 17.9. The summed E-state index contributed by atoms with van der Waals surface area (Å²) >= 11 is 0. The van der Waals surface area contributed by atoms with Crippen molar-refractivity contribution >= 4 is 11.6 Å². The van der Waals surface area contributed by atoms with Crippen LogP contribution in [0.2, 0.25) is 0 Å². The molecule has 2 aromatic rings. The largest absolute Gasteiger partial charge is 1.00 e. The van der Waals surface area contributed by atoms with E-state index in [-0.39, 0.29) is 47.4 Å². The van der Waals surface area contributed by atoms with Gasteiger partial charge in [-0.05, 0) is 17.7 Å². The number of tetrazole rings is 1. The van der Waals surface area contributed by atoms with Crippen molar-refractivity contribution in [1.29, 1.82) is 0 Å². The molecular formula is C16H7F15N5NaO. The SMILES string of the molecule is O=C(Nc1ccc(Cc2nn[n-]n2)cc1)C(F)(F)C(F)(F)C(F)(F)C(F)(F)C(F)(F)C(F)(F)C(F)(F)F.[Na+]. The maximum atomic E-state index is 13.9. The second kappa shape index (κ2) is 10.4. The summed E-state index contributed by atoms with van der Waals surface area (Å²) < 4.78 is 198. The van der Waals surface area contributed by atoms with Crippen molar-refractivity contribution in [3.63, 3.8) is 0 Å². The Morgan fingerprint density at radius 2 is 1.16 bits per heavy atom. The summed E-state index contributed by atoms with van der Waals surface area (Å²) in [4.78, 5) is 11.5. The average Bonchev–Trinajstić information content (AvgIpc) is 3.26. The molecule has 0 unspecified atom stereocenters. The number of anilines is 1. The number of carbonyl (C=O) groups excluding carboxylic acids is 1. The van der Waals surface area contributed by atoms with Crippen LogP contribution >= 0.6 is 0 Å². The number of rotatable bonds is 9. The molecule has 0 atom stereocenters. The van der Waals surface area contributed by atoms with Gasteiger partial charge in [0.25, 0.3) is 0 Å². The van der Waals surface area contributed by atoms with Crippen molar-refractivity contribution in [2.24, 2.45) is 0 Å². The van der Waals surface area contributed by atoms with Gasteiger partial charge in [-0.25, -0.2) is 0 Å². The molecule has 6 nitrogen and oxygen atoms in total. The number of carbonyl (C=O) groups is 1. The second-order valence-corrected chi connectivity index (χ2v) is 7.07. The Morgan fingerprint density at radius 1 is 0.711 bits per heavy atom. The molecule has 0 saturated heterocycles. The maximum absolute atomic E-state index is 13.9. The third-order valence-electron chi connectivity index (χ3n) is 4.55. The summed E-state index contributed by atoms with van der Waals surface area (Å²) in [7, 11) is 0. The van der Waals surface area contributed by atoms with Crippen molar-refractivity contribution in [3.05, 3.63) is 35.7 Å². The van der Waals surface area contributed by atoms with E-state index in [1.807, 2.05) is 0 Å². The van der Waals surface area contributed by atoms with E-state index in [1.54, 1.807) is 0 Å². The zero-order chi connectivity index (χ0) is 28.9. The summed E-state index contributed by atoms with van der Waals surface area (Å²) in [6.07, 6.45) is -7.81. The number of benzene rings is 1. The molecule has 0 radical (unpaired) electrons. The predicted octanol–water partition coefficient (Wildman–Crippen LogP) is 1.74. The van der Waals surface area contributed by atoms with Gasteiger partial charge in [0.1, 0.15) is 0 Å². The van der Waals surface area contributed by atoms with Crippen LogP contribution in [-0.4, -0.2) is 63.0 Å². The molecule has 1 aromatic carbocycles. The van der Waals surface area contributed by atoms with Crippen LogP contribution in [0, 0.1) is 0 Å². The number of hydrogen-bond acceptors (Lipinski definition) is 4. The fraction of sp³-hybridized carbons (Fsp3) is 0.500. The Hall–Kier alpha value is -2.29. The number of nitrogens with zero attached hydrogens (tertiary/aromatic N) is 4. The number of aromatic nitrogens is 4. The molecule has 1 aromatic heterocycles. The molecule has 0 aliphatic rings. The van der Waals surface area contributed by atoms with E-state index < -0.39 is 53.3 Å². The van der Waals surface area contributed by atoms with Crippen LogP contribution in [0.25, 0.3) is 0 Å². The number of hydrogen-bond donors (Lipinski definition) is 1. The van der Waals surface area contributed by atoms with Gasteiger partial charge < -0.3 is 10.4 Å². The van der Waals surface area contributed by atoms with E-state index in [1.165, 1.54) is 0 Å². The fourth-order valence-electron chi connectivity index (χ4n) is 2.44. The number of halogens is 15. The van der Waals surface area contributed by atoms with Crippen LogP contribution in [-0.2, 0) is 11.2 Å². The first-order chi connectivity index (χ1) is 16.4. The third-order valence-corrected chi connectivity index (χ3v) is 4.55. The fourth-order valence-corrected chi connectivity index (χ4v) is 2.44. The van der Waals surface area contributed by atoms with Gasteiger partial charge in [0.2, 0.25) is 0 Å². The maximum Gasteiger partial charge on any atom is 1.00 e. The molecule has 0 saturated carbocycles. The Bertz CT molecular complexity index is 1100. The molecule has 1 N–H and O–H groups in total. The van der Waals surface area contributed by atoms with Crippen LogP contribution in [0.3, 0.4) is 0 Å². The van der Waals surface area contributed by atoms with E-state index in [0.717, 1.165) is 17.4 Å². The molecule has 2 rings (SSSR count). The van der Waals surface area contributed by atoms with E-state index in [9.17, 15) is 70.7 Å². The van der Waals surface area contributed by atoms with Gasteiger partial charge in [-0.3, -0.25) is 20.3 Å². The van der Waals surface area contributed by atoms with E-state index in [2.05, 4.69) is 20.6 Å². The van der Waals surface area contributed by atoms with E-state index >= 15 is 0 Å². The second-order valence-electron chi connectivity index (χ2n) is 7.07. The van der Waals surface area contributed by atoms with Crippen LogP contribution < -0.4 is 40.1 Å². The Labute approximate surface area is 221 Å². The van der Waals surface area contributed by atoms with Gasteiger partial charge in [0.05, 0.1) is 0 Å². The molecule has 0 aliphatic carbocycles. The minimum atomic E-state index is -8.47. The van der Waals surface area contributed by atoms with E-state index in [4.69, 9.17) is 0 Å². The van der Waals surface area contributed by atoms with Crippen molar-refractivity contribution in [2.75, 3.05) is 5.32 Å². The van der Waals surface area contributed by atoms with Crippen molar-refractivity contribution in [2.45, 2.75) is 48.1 Å². The summed E-state index contributed by atoms with van der Waals surface area (Å²) in [5, 5.41) is 13.9. The van der Waals surface area contributed by atoms with Crippen molar-refractivity contribution in [1.82, 2.24) is 20.6 Å². The Balaban J connectivity index is 0.00000722. The molecule has 0 fully saturated rings. The topological polar surface area (TPSA) is 81.9 Å². The zero-order valence-corrected chi connectivity index (χ0v) is 19.9. The normalized spacial score (nSPS) is 14.2. The molecular weight excluding hydrogens is 586 g/mol. The monoisotopic (exact) mass is 593 g/mol. The number of alkyl halides is 15.